The Labute approximate surface area is 136 Å². The summed E-state index contributed by atoms with van der Waals surface area (Å²) in [5, 5.41) is 9.94. The van der Waals surface area contributed by atoms with E-state index in [4.69, 9.17) is 0 Å². The molecule has 5 nitrogen and oxygen atoms in total. The highest BCUT2D eigenvalue weighted by Gasteiger charge is 2.36. The highest BCUT2D eigenvalue weighted by molar-refractivity contribution is 5.95. The Kier molecular flexibility index (Phi) is 4.19. The smallest absolute Gasteiger partial charge is 0.256 e. The molecular weight excluding hydrogens is 318 g/mol. The van der Waals surface area contributed by atoms with Crippen molar-refractivity contribution in [3.05, 3.63) is 69.1 Å². The van der Waals surface area contributed by atoms with Crippen molar-refractivity contribution in [2.45, 2.75) is 25.5 Å². The molecule has 0 spiro atoms. The maximum atomic E-state index is 13.5. The van der Waals surface area contributed by atoms with Crippen LogP contribution in [0, 0.1) is 18.6 Å². The standard InChI is InChI=1S/C17H16F2N2O3/c1-9-4-16(23)20-7-12(9)17(24)21-8-11(22)6-15(21)10-2-3-13(18)14(19)5-10/h2-5,7,11,15,22H,6,8H2,1H3,(H,20,23)/t11-,15+/m1/s1. The summed E-state index contributed by atoms with van der Waals surface area (Å²) in [5.41, 5.74) is 0.911. The molecule has 0 bridgehead atoms. The van der Waals surface area contributed by atoms with E-state index in [0.717, 1.165) is 12.1 Å². The Morgan fingerprint density at radius 3 is 2.71 bits per heavy atom. The number of carbonyl (C=O) groups is 1. The number of β-amino-alcohol motifs (C(OH)–C–C–N with tert-alkyl or cyclic N) is 1. The maximum Gasteiger partial charge on any atom is 0.256 e. The van der Waals surface area contributed by atoms with E-state index in [9.17, 15) is 23.5 Å². The van der Waals surface area contributed by atoms with Crippen molar-refractivity contribution in [3.63, 3.8) is 0 Å². The Balaban J connectivity index is 1.96. The van der Waals surface area contributed by atoms with Gasteiger partial charge in [0.25, 0.3) is 5.91 Å². The number of rotatable bonds is 2. The molecule has 7 heteroatoms. The van der Waals surface area contributed by atoms with Crippen molar-refractivity contribution in [1.82, 2.24) is 9.88 Å². The van der Waals surface area contributed by atoms with E-state index in [2.05, 4.69) is 4.98 Å². The van der Waals surface area contributed by atoms with Crippen molar-refractivity contribution in [3.8, 4) is 0 Å². The first kappa shape index (κ1) is 16.3. The van der Waals surface area contributed by atoms with Gasteiger partial charge in [0, 0.05) is 18.8 Å². The molecule has 0 radical (unpaired) electrons. The number of carbonyl (C=O) groups excluding carboxylic acids is 1. The number of aromatic amines is 1. The van der Waals surface area contributed by atoms with Crippen LogP contribution in [0.1, 0.15) is 33.9 Å². The van der Waals surface area contributed by atoms with E-state index in [-0.39, 0.29) is 24.4 Å². The summed E-state index contributed by atoms with van der Waals surface area (Å²) >= 11 is 0. The average Bonchev–Trinajstić information content (AvgIpc) is 2.91. The Hall–Kier alpha value is -2.54. The van der Waals surface area contributed by atoms with Crippen LogP contribution in [-0.4, -0.2) is 33.5 Å². The number of aromatic nitrogens is 1. The van der Waals surface area contributed by atoms with Gasteiger partial charge in [0.15, 0.2) is 11.6 Å². The van der Waals surface area contributed by atoms with Crippen LogP contribution in [0.25, 0.3) is 0 Å². The zero-order valence-corrected chi connectivity index (χ0v) is 12.9. The number of nitrogens with zero attached hydrogens (tertiary/aromatic N) is 1. The highest BCUT2D eigenvalue weighted by Crippen LogP contribution is 2.34. The Morgan fingerprint density at radius 2 is 2.04 bits per heavy atom. The third kappa shape index (κ3) is 2.94. The molecule has 1 aliphatic heterocycles. The Bertz CT molecular complexity index is 850. The van der Waals surface area contributed by atoms with Crippen LogP contribution in [0.5, 0.6) is 0 Å². The number of aryl methyl sites for hydroxylation is 1. The SMILES string of the molecule is Cc1cc(=O)[nH]cc1C(=O)N1C[C@H](O)C[C@H]1c1ccc(F)c(F)c1. The van der Waals surface area contributed by atoms with Gasteiger partial charge in [0.1, 0.15) is 0 Å². The van der Waals surface area contributed by atoms with Gasteiger partial charge in [-0.05, 0) is 36.6 Å². The third-order valence-electron chi connectivity index (χ3n) is 4.23. The summed E-state index contributed by atoms with van der Waals surface area (Å²) in [7, 11) is 0. The second-order valence-corrected chi connectivity index (χ2v) is 5.93. The van der Waals surface area contributed by atoms with Crippen LogP contribution < -0.4 is 5.56 Å². The monoisotopic (exact) mass is 334 g/mol. The molecule has 2 N–H and O–H groups in total. The Morgan fingerprint density at radius 1 is 1.29 bits per heavy atom. The molecule has 2 aromatic rings. The van der Waals surface area contributed by atoms with Gasteiger partial charge in [-0.1, -0.05) is 6.07 Å². The molecule has 0 unspecified atom stereocenters. The molecule has 3 rings (SSSR count). The van der Waals surface area contributed by atoms with Crippen molar-refractivity contribution in [1.29, 1.82) is 0 Å². The van der Waals surface area contributed by atoms with E-state index in [0.29, 0.717) is 16.7 Å². The van der Waals surface area contributed by atoms with Crippen LogP contribution >= 0.6 is 0 Å². The maximum absolute atomic E-state index is 13.5. The largest absolute Gasteiger partial charge is 0.391 e. The molecular formula is C17H16F2N2O3. The van der Waals surface area contributed by atoms with E-state index < -0.39 is 23.8 Å². The van der Waals surface area contributed by atoms with E-state index in [1.54, 1.807) is 6.92 Å². The second-order valence-electron chi connectivity index (χ2n) is 5.93. The van der Waals surface area contributed by atoms with Gasteiger partial charge in [-0.3, -0.25) is 9.59 Å². The quantitative estimate of drug-likeness (QED) is 0.881. The fraction of sp³-hybridized carbons (Fsp3) is 0.294. The van der Waals surface area contributed by atoms with Crippen molar-refractivity contribution in [2.24, 2.45) is 0 Å². The fourth-order valence-corrected chi connectivity index (χ4v) is 3.03. The van der Waals surface area contributed by atoms with Crippen molar-refractivity contribution in [2.75, 3.05) is 6.54 Å². The van der Waals surface area contributed by atoms with Gasteiger partial charge >= 0.3 is 0 Å². The van der Waals surface area contributed by atoms with Crippen LogP contribution in [0.3, 0.4) is 0 Å². The van der Waals surface area contributed by atoms with E-state index >= 15 is 0 Å². The van der Waals surface area contributed by atoms with E-state index in [1.165, 1.54) is 23.2 Å². The van der Waals surface area contributed by atoms with Crippen LogP contribution in [-0.2, 0) is 0 Å². The molecule has 0 aliphatic carbocycles. The number of likely N-dealkylation sites (tertiary alicyclic amines) is 1. The number of hydrogen-bond acceptors (Lipinski definition) is 3. The van der Waals surface area contributed by atoms with Crippen LogP contribution in [0.4, 0.5) is 8.78 Å². The summed E-state index contributed by atoms with van der Waals surface area (Å²) in [6.45, 7) is 1.72. The predicted octanol–water partition coefficient (Wildman–Crippen LogP) is 1.91. The number of H-pyrrole nitrogens is 1. The number of aliphatic hydroxyl groups is 1. The molecule has 1 aromatic carbocycles. The van der Waals surface area contributed by atoms with Crippen molar-refractivity contribution < 1.29 is 18.7 Å². The number of amides is 1. The summed E-state index contributed by atoms with van der Waals surface area (Å²) < 4.78 is 26.6. The lowest BCUT2D eigenvalue weighted by Gasteiger charge is -2.25. The van der Waals surface area contributed by atoms with Crippen LogP contribution in [0.2, 0.25) is 0 Å². The minimum absolute atomic E-state index is 0.0844. The molecule has 1 aliphatic rings. The number of hydrogen-bond donors (Lipinski definition) is 2. The third-order valence-corrected chi connectivity index (χ3v) is 4.23. The minimum Gasteiger partial charge on any atom is -0.391 e. The average molecular weight is 334 g/mol. The number of nitrogens with one attached hydrogen (secondary N) is 1. The lowest BCUT2D eigenvalue weighted by Crippen LogP contribution is -2.32. The first-order chi connectivity index (χ1) is 11.4. The second kappa shape index (κ2) is 6.16. The molecule has 1 fully saturated rings. The molecule has 1 amide bonds. The van der Waals surface area contributed by atoms with E-state index in [1.807, 2.05) is 0 Å². The number of halogens is 2. The summed E-state index contributed by atoms with van der Waals surface area (Å²) in [6, 6.07) is 4.20. The molecule has 126 valence electrons. The minimum atomic E-state index is -0.999. The van der Waals surface area contributed by atoms with Gasteiger partial charge < -0.3 is 15.0 Å². The topological polar surface area (TPSA) is 73.4 Å². The number of pyridine rings is 1. The van der Waals surface area contributed by atoms with Crippen molar-refractivity contribution >= 4 is 5.91 Å². The fourth-order valence-electron chi connectivity index (χ4n) is 3.03. The van der Waals surface area contributed by atoms with Gasteiger partial charge in [-0.2, -0.15) is 0 Å². The normalized spacial score (nSPS) is 20.4. The zero-order valence-electron chi connectivity index (χ0n) is 12.9. The molecule has 1 aromatic heterocycles. The number of benzene rings is 1. The molecule has 2 atom stereocenters. The van der Waals surface area contributed by atoms with Crippen LogP contribution in [0.15, 0.2) is 35.3 Å². The molecule has 1 saturated heterocycles. The van der Waals surface area contributed by atoms with Gasteiger partial charge in [0.05, 0.1) is 17.7 Å². The lowest BCUT2D eigenvalue weighted by atomic mass is 10.0. The van der Waals surface area contributed by atoms with Gasteiger partial charge in [0.2, 0.25) is 5.56 Å². The predicted molar refractivity (Wildman–Crippen MR) is 82.6 cm³/mol. The first-order valence-electron chi connectivity index (χ1n) is 7.50. The first-order valence-corrected chi connectivity index (χ1v) is 7.50. The molecule has 24 heavy (non-hydrogen) atoms. The summed E-state index contributed by atoms with van der Waals surface area (Å²) in [5.74, 6) is -2.34. The summed E-state index contributed by atoms with van der Waals surface area (Å²) in [6.07, 6.45) is 0.807. The highest BCUT2D eigenvalue weighted by atomic mass is 19.2. The lowest BCUT2D eigenvalue weighted by molar-refractivity contribution is 0.0714. The van der Waals surface area contributed by atoms with Gasteiger partial charge in [-0.15, -0.1) is 0 Å². The molecule has 0 saturated carbocycles. The zero-order chi connectivity index (χ0) is 17.4. The van der Waals surface area contributed by atoms with Gasteiger partial charge in [-0.25, -0.2) is 8.78 Å². The molecule has 2 heterocycles. The number of aliphatic hydroxyl groups excluding tert-OH is 1. The summed E-state index contributed by atoms with van der Waals surface area (Å²) in [4.78, 5) is 27.9.